The highest BCUT2D eigenvalue weighted by Crippen LogP contribution is 2.34. The number of thiazole rings is 1. The number of nitrogens with one attached hydrogen (secondary N) is 1. The summed E-state index contributed by atoms with van der Waals surface area (Å²) in [5.74, 6) is 1.05. The molecule has 150 valence electrons. The van der Waals surface area contributed by atoms with Gasteiger partial charge in [-0.25, -0.2) is 9.37 Å². The van der Waals surface area contributed by atoms with Crippen LogP contribution >= 0.6 is 11.3 Å². The number of aromatic nitrogens is 1. The number of para-hydroxylation sites is 1. The number of carbonyl (C=O) groups is 1. The van der Waals surface area contributed by atoms with Gasteiger partial charge in [0.25, 0.3) is 0 Å². The number of anilines is 1. The van der Waals surface area contributed by atoms with Crippen LogP contribution < -0.4 is 19.7 Å². The van der Waals surface area contributed by atoms with Gasteiger partial charge in [-0.05, 0) is 42.7 Å². The molecule has 1 aromatic heterocycles. The van der Waals surface area contributed by atoms with E-state index in [0.717, 1.165) is 40.5 Å². The summed E-state index contributed by atoms with van der Waals surface area (Å²) >= 11 is 1.47. The minimum atomic E-state index is -0.306. The smallest absolute Gasteiger partial charge is 0.231 e. The number of piperidine rings is 1. The van der Waals surface area contributed by atoms with Crippen molar-refractivity contribution in [3.05, 3.63) is 47.8 Å². The second-order valence-corrected chi connectivity index (χ2v) is 8.28. The molecule has 3 aromatic rings. The molecule has 1 N–H and O–H groups in total. The summed E-state index contributed by atoms with van der Waals surface area (Å²) in [7, 11) is 0. The molecule has 2 aromatic carbocycles. The Kier molecular flexibility index (Phi) is 4.71. The van der Waals surface area contributed by atoms with Crippen LogP contribution in [-0.4, -0.2) is 30.8 Å². The monoisotopic (exact) mass is 413 g/mol. The van der Waals surface area contributed by atoms with E-state index in [4.69, 9.17) is 9.47 Å². The second kappa shape index (κ2) is 7.51. The van der Waals surface area contributed by atoms with Crippen molar-refractivity contribution in [1.82, 2.24) is 10.3 Å². The number of hydrogen-bond acceptors (Lipinski definition) is 6. The predicted molar refractivity (Wildman–Crippen MR) is 109 cm³/mol. The van der Waals surface area contributed by atoms with Crippen LogP contribution in [0.2, 0.25) is 0 Å². The molecule has 1 unspecified atom stereocenters. The van der Waals surface area contributed by atoms with Gasteiger partial charge in [0, 0.05) is 19.6 Å². The summed E-state index contributed by atoms with van der Waals surface area (Å²) in [5, 5.41) is 3.80. The number of nitrogens with zero attached hydrogens (tertiary/aromatic N) is 2. The molecule has 5 rings (SSSR count). The lowest BCUT2D eigenvalue weighted by Gasteiger charge is -2.31. The Bertz CT molecular complexity index is 1070. The molecular formula is C21H20FN3O3S. The molecule has 2 aliphatic heterocycles. The molecule has 1 atom stereocenters. The zero-order valence-electron chi connectivity index (χ0n) is 15.7. The lowest BCUT2D eigenvalue weighted by Crippen LogP contribution is -2.42. The topological polar surface area (TPSA) is 63.7 Å². The van der Waals surface area contributed by atoms with Crippen molar-refractivity contribution in [2.45, 2.75) is 19.4 Å². The van der Waals surface area contributed by atoms with Crippen molar-refractivity contribution >= 4 is 32.6 Å². The summed E-state index contributed by atoms with van der Waals surface area (Å²) in [6, 6.07) is 10.7. The molecule has 0 aliphatic carbocycles. The van der Waals surface area contributed by atoms with E-state index in [1.54, 1.807) is 6.07 Å². The van der Waals surface area contributed by atoms with Crippen molar-refractivity contribution in [2.24, 2.45) is 5.92 Å². The molecule has 1 amide bonds. The summed E-state index contributed by atoms with van der Waals surface area (Å²) in [6.45, 7) is 2.10. The van der Waals surface area contributed by atoms with Crippen molar-refractivity contribution < 1.29 is 18.7 Å². The molecule has 6 nitrogen and oxygen atoms in total. The first-order valence-corrected chi connectivity index (χ1v) is 10.5. The molecule has 1 fully saturated rings. The standard InChI is InChI=1S/C21H20FN3O3S/c22-15-4-1-5-18-19(15)24-21(29-18)25-8-2-3-14(11-25)20(26)23-10-13-6-7-16-17(9-13)28-12-27-16/h1,4-7,9,14H,2-3,8,10-12H2,(H,23,26). The predicted octanol–water partition coefficient (Wildman–Crippen LogP) is 3.70. The van der Waals surface area contributed by atoms with Gasteiger partial charge in [0.15, 0.2) is 16.6 Å². The largest absolute Gasteiger partial charge is 0.454 e. The lowest BCUT2D eigenvalue weighted by molar-refractivity contribution is -0.125. The maximum Gasteiger partial charge on any atom is 0.231 e. The van der Waals surface area contributed by atoms with Crippen LogP contribution in [0.4, 0.5) is 9.52 Å². The van der Waals surface area contributed by atoms with Crippen LogP contribution in [0.25, 0.3) is 10.2 Å². The minimum Gasteiger partial charge on any atom is -0.454 e. The van der Waals surface area contributed by atoms with E-state index in [2.05, 4.69) is 15.2 Å². The fraction of sp³-hybridized carbons (Fsp3) is 0.333. The van der Waals surface area contributed by atoms with Crippen molar-refractivity contribution in [3.63, 3.8) is 0 Å². The van der Waals surface area contributed by atoms with E-state index in [-0.39, 0.29) is 24.4 Å². The summed E-state index contributed by atoms with van der Waals surface area (Å²) < 4.78 is 25.5. The quantitative estimate of drug-likeness (QED) is 0.707. The van der Waals surface area contributed by atoms with Crippen LogP contribution in [0.1, 0.15) is 18.4 Å². The first-order valence-electron chi connectivity index (χ1n) is 9.63. The molecule has 0 saturated carbocycles. The molecule has 8 heteroatoms. The van der Waals surface area contributed by atoms with Gasteiger partial charge >= 0.3 is 0 Å². The van der Waals surface area contributed by atoms with Gasteiger partial charge in [-0.3, -0.25) is 4.79 Å². The van der Waals surface area contributed by atoms with E-state index in [1.807, 2.05) is 24.3 Å². The molecule has 0 spiro atoms. The number of halogens is 1. The Morgan fingerprint density at radius 2 is 2.17 bits per heavy atom. The van der Waals surface area contributed by atoms with Crippen LogP contribution in [0, 0.1) is 11.7 Å². The van der Waals surface area contributed by atoms with Crippen LogP contribution in [0.5, 0.6) is 11.5 Å². The molecule has 0 radical (unpaired) electrons. The van der Waals surface area contributed by atoms with Crippen molar-refractivity contribution in [3.8, 4) is 11.5 Å². The minimum absolute atomic E-state index is 0.0275. The van der Waals surface area contributed by atoms with Crippen molar-refractivity contribution in [1.29, 1.82) is 0 Å². The number of carbonyl (C=O) groups excluding carboxylic acids is 1. The van der Waals surface area contributed by atoms with E-state index in [0.29, 0.717) is 24.4 Å². The van der Waals surface area contributed by atoms with Gasteiger partial charge in [0.1, 0.15) is 11.3 Å². The zero-order chi connectivity index (χ0) is 19.8. The Morgan fingerprint density at radius 3 is 3.07 bits per heavy atom. The van der Waals surface area contributed by atoms with E-state index in [9.17, 15) is 9.18 Å². The number of hydrogen-bond donors (Lipinski definition) is 1. The summed E-state index contributed by atoms with van der Waals surface area (Å²) in [4.78, 5) is 19.3. The molecule has 2 aliphatic rings. The third kappa shape index (κ3) is 3.60. The Labute approximate surface area is 171 Å². The SMILES string of the molecule is O=C(NCc1ccc2c(c1)OCO2)C1CCCN(c2nc3c(F)cccc3s2)C1. The maximum atomic E-state index is 14.0. The third-order valence-electron chi connectivity index (χ3n) is 5.32. The van der Waals surface area contributed by atoms with Gasteiger partial charge in [0.2, 0.25) is 12.7 Å². The van der Waals surface area contributed by atoms with E-state index >= 15 is 0 Å². The van der Waals surface area contributed by atoms with Gasteiger partial charge < -0.3 is 19.7 Å². The summed E-state index contributed by atoms with van der Waals surface area (Å²) in [5.41, 5.74) is 1.37. The average Bonchev–Trinajstić information content (AvgIpc) is 3.39. The second-order valence-electron chi connectivity index (χ2n) is 7.27. The maximum absolute atomic E-state index is 14.0. The van der Waals surface area contributed by atoms with Gasteiger partial charge in [-0.2, -0.15) is 0 Å². The van der Waals surface area contributed by atoms with Crippen LogP contribution in [-0.2, 0) is 11.3 Å². The number of benzene rings is 2. The molecular weight excluding hydrogens is 393 g/mol. The zero-order valence-corrected chi connectivity index (χ0v) is 16.5. The fourth-order valence-corrected chi connectivity index (χ4v) is 4.80. The average molecular weight is 413 g/mol. The molecule has 0 bridgehead atoms. The number of rotatable bonds is 4. The lowest BCUT2D eigenvalue weighted by atomic mass is 9.97. The van der Waals surface area contributed by atoms with E-state index < -0.39 is 0 Å². The molecule has 1 saturated heterocycles. The fourth-order valence-electron chi connectivity index (χ4n) is 3.79. The Hall–Kier alpha value is -2.87. The highest BCUT2D eigenvalue weighted by molar-refractivity contribution is 7.22. The van der Waals surface area contributed by atoms with Crippen LogP contribution in [0.15, 0.2) is 36.4 Å². The highest BCUT2D eigenvalue weighted by atomic mass is 32.1. The molecule has 3 heterocycles. The number of amides is 1. The first-order chi connectivity index (χ1) is 14.2. The Morgan fingerprint density at radius 1 is 1.28 bits per heavy atom. The summed E-state index contributed by atoms with van der Waals surface area (Å²) in [6.07, 6.45) is 1.74. The first kappa shape index (κ1) is 18.2. The van der Waals surface area contributed by atoms with Gasteiger partial charge in [-0.15, -0.1) is 0 Å². The van der Waals surface area contributed by atoms with Crippen LogP contribution in [0.3, 0.4) is 0 Å². The number of ether oxygens (including phenoxy) is 2. The normalized spacial score (nSPS) is 18.2. The van der Waals surface area contributed by atoms with Gasteiger partial charge in [-0.1, -0.05) is 23.5 Å². The molecule has 29 heavy (non-hydrogen) atoms. The highest BCUT2D eigenvalue weighted by Gasteiger charge is 2.27. The van der Waals surface area contributed by atoms with Gasteiger partial charge in [0.05, 0.1) is 10.6 Å². The van der Waals surface area contributed by atoms with Crippen molar-refractivity contribution in [2.75, 3.05) is 24.8 Å². The Balaban J connectivity index is 1.24. The third-order valence-corrected chi connectivity index (χ3v) is 6.41. The number of fused-ring (bicyclic) bond motifs is 2. The van der Waals surface area contributed by atoms with E-state index in [1.165, 1.54) is 17.4 Å².